The summed E-state index contributed by atoms with van der Waals surface area (Å²) in [5.41, 5.74) is 6.72. The van der Waals surface area contributed by atoms with Crippen molar-refractivity contribution in [1.29, 1.82) is 0 Å². The Morgan fingerprint density at radius 3 is 2.72 bits per heavy atom. The molecule has 2 aliphatic rings. The molecular weight excluding hydrogens is 230 g/mol. The van der Waals surface area contributed by atoms with E-state index in [0.717, 1.165) is 18.3 Å². The number of aromatic nitrogens is 2. The third-order valence-corrected chi connectivity index (χ3v) is 4.39. The van der Waals surface area contributed by atoms with Crippen LogP contribution < -0.4 is 5.73 Å². The second-order valence-electron chi connectivity index (χ2n) is 5.61. The van der Waals surface area contributed by atoms with E-state index in [-0.39, 0.29) is 5.69 Å². The van der Waals surface area contributed by atoms with E-state index < -0.39 is 5.97 Å². The number of methoxy groups -OCH3 is 1. The Hall–Kier alpha value is -1.52. The molecule has 18 heavy (non-hydrogen) atoms. The molecule has 5 nitrogen and oxygen atoms in total. The van der Waals surface area contributed by atoms with Gasteiger partial charge < -0.3 is 15.0 Å². The molecule has 98 valence electrons. The zero-order valence-electron chi connectivity index (χ0n) is 10.9. The van der Waals surface area contributed by atoms with Crippen molar-refractivity contribution in [3.63, 3.8) is 0 Å². The van der Waals surface area contributed by atoms with E-state index in [0.29, 0.717) is 11.2 Å². The fourth-order valence-corrected chi connectivity index (χ4v) is 2.89. The number of hydrogen-bond acceptors (Lipinski definition) is 4. The van der Waals surface area contributed by atoms with Gasteiger partial charge in [0.25, 0.3) is 0 Å². The molecule has 0 bridgehead atoms. The SMILES string of the molecule is COC(=O)c1nc(C)n(CC2(C3CC3)CC2)c1N. The Morgan fingerprint density at radius 1 is 1.56 bits per heavy atom. The average molecular weight is 249 g/mol. The first-order valence-electron chi connectivity index (χ1n) is 6.48. The predicted octanol–water partition coefficient (Wildman–Crippen LogP) is 1.75. The molecule has 2 fully saturated rings. The number of nitrogens with two attached hydrogens (primary N) is 1. The summed E-state index contributed by atoms with van der Waals surface area (Å²) in [6.07, 6.45) is 5.25. The minimum Gasteiger partial charge on any atom is -0.464 e. The van der Waals surface area contributed by atoms with Gasteiger partial charge in [0.15, 0.2) is 5.69 Å². The van der Waals surface area contributed by atoms with Gasteiger partial charge in [-0.05, 0) is 43.9 Å². The zero-order valence-corrected chi connectivity index (χ0v) is 10.9. The summed E-state index contributed by atoms with van der Waals surface area (Å²) in [6, 6.07) is 0. The minimum atomic E-state index is -0.453. The maximum absolute atomic E-state index is 11.5. The molecule has 0 aliphatic heterocycles. The van der Waals surface area contributed by atoms with Gasteiger partial charge in [0.05, 0.1) is 7.11 Å². The highest BCUT2D eigenvalue weighted by atomic mass is 16.5. The number of aryl methyl sites for hydroxylation is 1. The normalized spacial score (nSPS) is 20.8. The van der Waals surface area contributed by atoms with E-state index in [9.17, 15) is 4.79 Å². The van der Waals surface area contributed by atoms with Crippen LogP contribution in [0.15, 0.2) is 0 Å². The van der Waals surface area contributed by atoms with E-state index in [1.807, 2.05) is 11.5 Å². The minimum absolute atomic E-state index is 0.251. The highest BCUT2D eigenvalue weighted by Crippen LogP contribution is 2.62. The van der Waals surface area contributed by atoms with Crippen LogP contribution in [-0.4, -0.2) is 22.6 Å². The van der Waals surface area contributed by atoms with Crippen molar-refractivity contribution in [3.05, 3.63) is 11.5 Å². The van der Waals surface area contributed by atoms with Gasteiger partial charge in [0, 0.05) is 6.54 Å². The molecule has 0 saturated heterocycles. The van der Waals surface area contributed by atoms with Crippen LogP contribution in [0.1, 0.15) is 42.0 Å². The molecule has 0 radical (unpaired) electrons. The smallest absolute Gasteiger partial charge is 0.360 e. The van der Waals surface area contributed by atoms with Crippen molar-refractivity contribution >= 4 is 11.8 Å². The summed E-state index contributed by atoms with van der Waals surface area (Å²) in [5, 5.41) is 0. The van der Waals surface area contributed by atoms with Gasteiger partial charge in [-0.15, -0.1) is 0 Å². The van der Waals surface area contributed by atoms with Gasteiger partial charge >= 0.3 is 5.97 Å². The highest BCUT2D eigenvalue weighted by Gasteiger charge is 2.54. The number of hydrogen-bond donors (Lipinski definition) is 1. The fraction of sp³-hybridized carbons (Fsp3) is 0.692. The van der Waals surface area contributed by atoms with Crippen molar-refractivity contribution in [1.82, 2.24) is 9.55 Å². The monoisotopic (exact) mass is 249 g/mol. The Balaban J connectivity index is 1.88. The second-order valence-corrected chi connectivity index (χ2v) is 5.61. The lowest BCUT2D eigenvalue weighted by Crippen LogP contribution is -2.17. The van der Waals surface area contributed by atoms with Crippen LogP contribution in [-0.2, 0) is 11.3 Å². The van der Waals surface area contributed by atoms with Crippen LogP contribution in [0.25, 0.3) is 0 Å². The first-order valence-corrected chi connectivity index (χ1v) is 6.48. The first kappa shape index (κ1) is 11.6. The van der Waals surface area contributed by atoms with Crippen molar-refractivity contribution in [2.45, 2.75) is 39.2 Å². The lowest BCUT2D eigenvalue weighted by atomic mass is 10.0. The van der Waals surface area contributed by atoms with Gasteiger partial charge in [-0.1, -0.05) is 0 Å². The lowest BCUT2D eigenvalue weighted by molar-refractivity contribution is 0.0595. The van der Waals surface area contributed by atoms with Crippen molar-refractivity contribution in [3.8, 4) is 0 Å². The van der Waals surface area contributed by atoms with E-state index >= 15 is 0 Å². The second kappa shape index (κ2) is 3.73. The van der Waals surface area contributed by atoms with Crippen molar-refractivity contribution in [2.75, 3.05) is 12.8 Å². The Labute approximate surface area is 106 Å². The quantitative estimate of drug-likeness (QED) is 0.825. The van der Waals surface area contributed by atoms with E-state index in [1.165, 1.54) is 32.8 Å². The van der Waals surface area contributed by atoms with E-state index in [4.69, 9.17) is 10.5 Å². The molecule has 5 heteroatoms. The summed E-state index contributed by atoms with van der Waals surface area (Å²) in [5.74, 6) is 1.66. The number of carbonyl (C=O) groups excluding carboxylic acids is 1. The molecule has 0 amide bonds. The fourth-order valence-electron chi connectivity index (χ4n) is 2.89. The van der Waals surface area contributed by atoms with E-state index in [2.05, 4.69) is 4.98 Å². The van der Waals surface area contributed by atoms with Gasteiger partial charge in [-0.25, -0.2) is 9.78 Å². The summed E-state index contributed by atoms with van der Waals surface area (Å²) in [6.45, 7) is 2.80. The molecule has 1 aromatic heterocycles. The van der Waals surface area contributed by atoms with Crippen LogP contribution in [0.3, 0.4) is 0 Å². The molecule has 2 saturated carbocycles. The Bertz CT molecular complexity index is 499. The van der Waals surface area contributed by atoms with Crippen LogP contribution in [0, 0.1) is 18.3 Å². The molecule has 0 spiro atoms. The van der Waals surface area contributed by atoms with Gasteiger partial charge in [0.2, 0.25) is 0 Å². The number of nitrogen functional groups attached to an aromatic ring is 1. The number of nitrogens with zero attached hydrogens (tertiary/aromatic N) is 2. The molecule has 2 aliphatic carbocycles. The molecule has 0 unspecified atom stereocenters. The summed E-state index contributed by atoms with van der Waals surface area (Å²) >= 11 is 0. The zero-order chi connectivity index (χ0) is 12.9. The topological polar surface area (TPSA) is 70.1 Å². The standard InChI is InChI=1S/C13H19N3O2/c1-8-15-10(12(17)18-2)11(14)16(8)7-13(5-6-13)9-3-4-9/h9H,3-7,14H2,1-2H3. The van der Waals surface area contributed by atoms with Crippen LogP contribution >= 0.6 is 0 Å². The van der Waals surface area contributed by atoms with Crippen LogP contribution in [0.5, 0.6) is 0 Å². The molecule has 1 heterocycles. The number of imidazole rings is 1. The van der Waals surface area contributed by atoms with Gasteiger partial charge in [-0.3, -0.25) is 0 Å². The number of ether oxygens (including phenoxy) is 1. The summed E-state index contributed by atoms with van der Waals surface area (Å²) in [4.78, 5) is 15.8. The largest absolute Gasteiger partial charge is 0.464 e. The highest BCUT2D eigenvalue weighted by molar-refractivity contribution is 5.92. The lowest BCUT2D eigenvalue weighted by Gasteiger charge is -2.17. The summed E-state index contributed by atoms with van der Waals surface area (Å²) in [7, 11) is 1.35. The maximum Gasteiger partial charge on any atom is 0.360 e. The van der Waals surface area contributed by atoms with Crippen molar-refractivity contribution < 1.29 is 9.53 Å². The molecule has 2 N–H and O–H groups in total. The number of carbonyl (C=O) groups is 1. The summed E-state index contributed by atoms with van der Waals surface area (Å²) < 4.78 is 6.68. The maximum atomic E-state index is 11.5. The van der Waals surface area contributed by atoms with Crippen LogP contribution in [0.4, 0.5) is 5.82 Å². The number of anilines is 1. The third kappa shape index (κ3) is 1.69. The Morgan fingerprint density at radius 2 is 2.22 bits per heavy atom. The molecule has 3 rings (SSSR count). The number of rotatable bonds is 4. The Kier molecular flexibility index (Phi) is 2.40. The average Bonchev–Trinajstić information content (AvgIpc) is 3.23. The first-order chi connectivity index (χ1) is 8.57. The van der Waals surface area contributed by atoms with Gasteiger partial charge in [-0.2, -0.15) is 0 Å². The molecule has 1 aromatic rings. The molecule has 0 atom stereocenters. The number of esters is 1. The van der Waals surface area contributed by atoms with Crippen LogP contribution in [0.2, 0.25) is 0 Å². The molecular formula is C13H19N3O2. The molecule has 0 aromatic carbocycles. The predicted molar refractivity (Wildman–Crippen MR) is 67.1 cm³/mol. The van der Waals surface area contributed by atoms with Crippen molar-refractivity contribution in [2.24, 2.45) is 11.3 Å². The van der Waals surface area contributed by atoms with E-state index in [1.54, 1.807) is 0 Å². The van der Waals surface area contributed by atoms with Gasteiger partial charge in [0.1, 0.15) is 11.6 Å². The third-order valence-electron chi connectivity index (χ3n) is 4.39.